The van der Waals surface area contributed by atoms with Gasteiger partial charge in [-0.3, -0.25) is 14.9 Å². The van der Waals surface area contributed by atoms with Gasteiger partial charge in [-0.15, -0.1) is 0 Å². The number of nitrogens with one attached hydrogen (secondary N) is 1. The fourth-order valence-corrected chi connectivity index (χ4v) is 1.72. The van der Waals surface area contributed by atoms with Crippen LogP contribution < -0.4 is 5.32 Å². The molecule has 8 heteroatoms. The highest BCUT2D eigenvalue weighted by atomic mass is 16.6. The Morgan fingerprint density at radius 1 is 1.29 bits per heavy atom. The van der Waals surface area contributed by atoms with E-state index in [1.807, 2.05) is 0 Å². The summed E-state index contributed by atoms with van der Waals surface area (Å²) in [6, 6.07) is 6.53. The van der Waals surface area contributed by atoms with Gasteiger partial charge in [0, 0.05) is 5.69 Å². The van der Waals surface area contributed by atoms with Crippen LogP contribution in [-0.2, 0) is 0 Å². The number of anilines is 1. The van der Waals surface area contributed by atoms with E-state index in [2.05, 4.69) is 5.32 Å². The van der Waals surface area contributed by atoms with E-state index in [0.29, 0.717) is 11.3 Å². The van der Waals surface area contributed by atoms with Crippen molar-refractivity contribution in [3.63, 3.8) is 0 Å². The van der Waals surface area contributed by atoms with E-state index in [-0.39, 0.29) is 11.3 Å². The Bertz CT molecular complexity index is 734. The van der Waals surface area contributed by atoms with Crippen molar-refractivity contribution in [2.75, 3.05) is 5.32 Å². The van der Waals surface area contributed by atoms with E-state index in [1.54, 1.807) is 6.92 Å². The number of hydrogen-bond acceptors (Lipinski definition) is 5. The minimum absolute atomic E-state index is 0.127. The summed E-state index contributed by atoms with van der Waals surface area (Å²) in [6.45, 7) is 1.59. The molecule has 0 unspecified atom stereocenters. The second-order valence-corrected chi connectivity index (χ2v) is 4.18. The maximum Gasteiger partial charge on any atom is 0.433 e. The Kier molecular flexibility index (Phi) is 3.70. The molecule has 2 N–H and O–H groups in total. The lowest BCUT2D eigenvalue weighted by Crippen LogP contribution is -2.11. The van der Waals surface area contributed by atoms with Gasteiger partial charge >= 0.3 is 11.9 Å². The lowest BCUT2D eigenvalue weighted by molar-refractivity contribution is -0.402. The summed E-state index contributed by atoms with van der Waals surface area (Å²) in [7, 11) is 0. The highest BCUT2D eigenvalue weighted by Gasteiger charge is 2.17. The first-order valence-corrected chi connectivity index (χ1v) is 5.78. The second kappa shape index (κ2) is 5.45. The molecule has 0 bridgehead atoms. The molecule has 108 valence electrons. The van der Waals surface area contributed by atoms with Crippen LogP contribution in [0.4, 0.5) is 11.6 Å². The van der Waals surface area contributed by atoms with Crippen LogP contribution in [0.5, 0.6) is 0 Å². The van der Waals surface area contributed by atoms with Gasteiger partial charge in [-0.2, -0.15) is 0 Å². The molecule has 1 aromatic carbocycles. The molecule has 0 saturated heterocycles. The van der Waals surface area contributed by atoms with Crippen LogP contribution in [0, 0.1) is 17.0 Å². The largest absolute Gasteiger partial charge is 0.478 e. The molecule has 1 amide bonds. The topological polar surface area (TPSA) is 123 Å². The highest BCUT2D eigenvalue weighted by molar-refractivity contribution is 6.02. The van der Waals surface area contributed by atoms with Crippen molar-refractivity contribution in [2.45, 2.75) is 6.92 Å². The predicted molar refractivity (Wildman–Crippen MR) is 71.5 cm³/mol. The highest BCUT2D eigenvalue weighted by Crippen LogP contribution is 2.19. The Labute approximate surface area is 118 Å². The molecule has 0 spiro atoms. The van der Waals surface area contributed by atoms with Gasteiger partial charge in [-0.05, 0) is 36.8 Å². The van der Waals surface area contributed by atoms with Gasteiger partial charge in [0.25, 0.3) is 5.91 Å². The molecule has 2 aromatic rings. The average Bonchev–Trinajstić information content (AvgIpc) is 2.88. The number of nitrogens with zero attached hydrogens (tertiary/aromatic N) is 1. The number of aryl methyl sites for hydroxylation is 1. The summed E-state index contributed by atoms with van der Waals surface area (Å²) in [6.07, 6.45) is 0. The van der Waals surface area contributed by atoms with E-state index >= 15 is 0 Å². The zero-order valence-electron chi connectivity index (χ0n) is 10.8. The van der Waals surface area contributed by atoms with Crippen LogP contribution in [0.15, 0.2) is 34.7 Å². The predicted octanol–water partition coefficient (Wildman–Crippen LogP) is 2.45. The van der Waals surface area contributed by atoms with Crippen LogP contribution >= 0.6 is 0 Å². The molecule has 0 aliphatic carbocycles. The van der Waals surface area contributed by atoms with E-state index in [9.17, 15) is 19.7 Å². The fourth-order valence-electron chi connectivity index (χ4n) is 1.72. The first kappa shape index (κ1) is 14.3. The number of benzene rings is 1. The van der Waals surface area contributed by atoms with E-state index in [0.717, 1.165) is 6.07 Å². The summed E-state index contributed by atoms with van der Waals surface area (Å²) in [5.74, 6) is -2.46. The monoisotopic (exact) mass is 290 g/mol. The van der Waals surface area contributed by atoms with Crippen LogP contribution in [0.2, 0.25) is 0 Å². The van der Waals surface area contributed by atoms with Crippen LogP contribution in [0.3, 0.4) is 0 Å². The summed E-state index contributed by atoms with van der Waals surface area (Å²) in [5.41, 5.74) is 0.967. The Balaban J connectivity index is 2.17. The van der Waals surface area contributed by atoms with Crippen LogP contribution in [-0.4, -0.2) is 21.9 Å². The Hall–Kier alpha value is -3.16. The van der Waals surface area contributed by atoms with Crippen molar-refractivity contribution >= 4 is 23.4 Å². The number of nitro groups is 1. The number of carboxylic acid groups (broad SMARTS) is 1. The molecule has 21 heavy (non-hydrogen) atoms. The van der Waals surface area contributed by atoms with Gasteiger partial charge in [0.1, 0.15) is 4.92 Å². The smallest absolute Gasteiger partial charge is 0.433 e. The van der Waals surface area contributed by atoms with Crippen molar-refractivity contribution < 1.29 is 24.0 Å². The first-order chi connectivity index (χ1) is 9.88. The number of carbonyl (C=O) groups is 2. The maximum absolute atomic E-state index is 11.8. The number of aromatic carboxylic acids is 1. The zero-order chi connectivity index (χ0) is 15.6. The third-order valence-electron chi connectivity index (χ3n) is 2.71. The Morgan fingerprint density at radius 3 is 2.52 bits per heavy atom. The van der Waals surface area contributed by atoms with Gasteiger partial charge in [0.15, 0.2) is 5.76 Å². The van der Waals surface area contributed by atoms with E-state index < -0.39 is 22.7 Å². The molecule has 1 aromatic heterocycles. The third kappa shape index (κ3) is 3.06. The van der Waals surface area contributed by atoms with Crippen molar-refractivity contribution in [2.24, 2.45) is 0 Å². The molecule has 0 aliphatic heterocycles. The Morgan fingerprint density at radius 2 is 2.00 bits per heavy atom. The number of hydrogen-bond donors (Lipinski definition) is 2. The number of amides is 1. The van der Waals surface area contributed by atoms with Gasteiger partial charge in [0.2, 0.25) is 0 Å². The number of rotatable bonds is 4. The van der Waals surface area contributed by atoms with Crippen molar-refractivity contribution in [1.29, 1.82) is 0 Å². The van der Waals surface area contributed by atoms with Gasteiger partial charge in [-0.25, -0.2) is 4.79 Å². The SMILES string of the molecule is Cc1cc(NC(=O)c2ccc([N+](=O)[O-])o2)ccc1C(=O)O. The normalized spacial score (nSPS) is 10.1. The molecule has 1 heterocycles. The molecular formula is C13H10N2O6. The van der Waals surface area contributed by atoms with Gasteiger partial charge < -0.3 is 14.8 Å². The molecule has 0 saturated carbocycles. The summed E-state index contributed by atoms with van der Waals surface area (Å²) < 4.78 is 4.77. The van der Waals surface area contributed by atoms with Crippen LogP contribution in [0.1, 0.15) is 26.5 Å². The standard InChI is InChI=1S/C13H10N2O6/c1-7-6-8(2-3-9(7)13(17)18)14-12(16)10-4-5-11(21-10)15(19)20/h2-6H,1H3,(H,14,16)(H,17,18). The van der Waals surface area contributed by atoms with Gasteiger partial charge in [0.05, 0.1) is 11.6 Å². The number of furan rings is 1. The summed E-state index contributed by atoms with van der Waals surface area (Å²) in [5, 5.41) is 21.8. The molecule has 0 atom stereocenters. The van der Waals surface area contributed by atoms with Crippen molar-refractivity contribution in [1.82, 2.24) is 0 Å². The molecule has 0 fully saturated rings. The quantitative estimate of drug-likeness (QED) is 0.658. The molecule has 8 nitrogen and oxygen atoms in total. The molecular weight excluding hydrogens is 280 g/mol. The average molecular weight is 290 g/mol. The van der Waals surface area contributed by atoms with Crippen molar-refractivity contribution in [3.8, 4) is 0 Å². The van der Waals surface area contributed by atoms with Crippen LogP contribution in [0.25, 0.3) is 0 Å². The number of carboxylic acids is 1. The summed E-state index contributed by atoms with van der Waals surface area (Å²) >= 11 is 0. The third-order valence-corrected chi connectivity index (χ3v) is 2.71. The molecule has 2 rings (SSSR count). The van der Waals surface area contributed by atoms with Gasteiger partial charge in [-0.1, -0.05) is 0 Å². The number of carbonyl (C=O) groups excluding carboxylic acids is 1. The fraction of sp³-hybridized carbons (Fsp3) is 0.0769. The first-order valence-electron chi connectivity index (χ1n) is 5.78. The lowest BCUT2D eigenvalue weighted by atomic mass is 10.1. The maximum atomic E-state index is 11.8. The zero-order valence-corrected chi connectivity index (χ0v) is 10.8. The minimum Gasteiger partial charge on any atom is -0.478 e. The molecule has 0 radical (unpaired) electrons. The van der Waals surface area contributed by atoms with E-state index in [1.165, 1.54) is 24.3 Å². The van der Waals surface area contributed by atoms with Crippen molar-refractivity contribution in [3.05, 3.63) is 57.3 Å². The van der Waals surface area contributed by atoms with E-state index in [4.69, 9.17) is 9.52 Å². The minimum atomic E-state index is -1.06. The second-order valence-electron chi connectivity index (χ2n) is 4.18. The molecule has 0 aliphatic rings. The summed E-state index contributed by atoms with van der Waals surface area (Å²) in [4.78, 5) is 32.4. The lowest BCUT2D eigenvalue weighted by Gasteiger charge is -2.06.